The molecule has 0 radical (unpaired) electrons. The van der Waals surface area contributed by atoms with Gasteiger partial charge in [0.1, 0.15) is 0 Å². The number of carbonyl (C=O) groups is 3. The third-order valence-corrected chi connectivity index (χ3v) is 2.52. The number of nitrogens with zero attached hydrogens (tertiary/aromatic N) is 1. The van der Waals surface area contributed by atoms with Crippen LogP contribution in [-0.4, -0.2) is 48.0 Å². The van der Waals surface area contributed by atoms with Crippen molar-refractivity contribution in [2.24, 2.45) is 0 Å². The Bertz CT molecular complexity index is 299. The summed E-state index contributed by atoms with van der Waals surface area (Å²) in [5.74, 6) is -2.30. The van der Waals surface area contributed by atoms with E-state index in [1.165, 1.54) is 20.8 Å². The summed E-state index contributed by atoms with van der Waals surface area (Å²) in [6.45, 7) is 9.68. The normalized spacial score (nSPS) is 11.1. The van der Waals surface area contributed by atoms with Gasteiger partial charge < -0.3 is 16.0 Å². The van der Waals surface area contributed by atoms with Gasteiger partial charge in [-0.05, 0) is 13.1 Å². The van der Waals surface area contributed by atoms with Crippen molar-refractivity contribution in [3.63, 3.8) is 0 Å². The molecule has 7 nitrogen and oxygen atoms in total. The monoisotopic (exact) mass is 272 g/mol. The molecule has 0 fully saturated rings. The number of rotatable bonds is 7. The lowest BCUT2D eigenvalue weighted by Gasteiger charge is -2.38. The molecule has 0 atom stereocenters. The Balaban J connectivity index is 5.24. The van der Waals surface area contributed by atoms with E-state index in [0.717, 1.165) is 13.1 Å². The van der Waals surface area contributed by atoms with E-state index >= 15 is 0 Å². The smallest absolute Gasteiger partial charge is 0.220 e. The minimum atomic E-state index is -1.28. The molecule has 0 aliphatic rings. The van der Waals surface area contributed by atoms with Gasteiger partial charge in [-0.2, -0.15) is 0 Å². The van der Waals surface area contributed by atoms with E-state index in [1.807, 2.05) is 18.7 Å². The highest BCUT2D eigenvalue weighted by molar-refractivity contribution is 5.80. The van der Waals surface area contributed by atoms with Crippen LogP contribution in [0.2, 0.25) is 0 Å². The Hall–Kier alpha value is -1.63. The SMILES string of the molecule is CCN(CC)CC(NC(C)=O)(NC(C)=O)NC(C)=O. The average Bonchev–Trinajstić information content (AvgIpc) is 2.22. The van der Waals surface area contributed by atoms with E-state index in [4.69, 9.17) is 0 Å². The highest BCUT2D eigenvalue weighted by Gasteiger charge is 2.34. The van der Waals surface area contributed by atoms with Crippen LogP contribution >= 0.6 is 0 Å². The maximum atomic E-state index is 11.3. The predicted molar refractivity (Wildman–Crippen MR) is 72.0 cm³/mol. The van der Waals surface area contributed by atoms with Crippen LogP contribution in [0.25, 0.3) is 0 Å². The Morgan fingerprint density at radius 2 is 1.16 bits per heavy atom. The number of hydrogen-bond acceptors (Lipinski definition) is 4. The van der Waals surface area contributed by atoms with E-state index in [1.54, 1.807) is 0 Å². The first kappa shape index (κ1) is 17.4. The molecule has 3 amide bonds. The van der Waals surface area contributed by atoms with Gasteiger partial charge in [0.15, 0.2) is 0 Å². The average molecular weight is 272 g/mol. The van der Waals surface area contributed by atoms with Crippen LogP contribution in [-0.2, 0) is 14.4 Å². The van der Waals surface area contributed by atoms with E-state index < -0.39 is 5.79 Å². The molecule has 0 aliphatic carbocycles. The fourth-order valence-electron chi connectivity index (χ4n) is 1.90. The molecular weight excluding hydrogens is 248 g/mol. The molecule has 0 aliphatic heterocycles. The van der Waals surface area contributed by atoms with Crippen molar-refractivity contribution < 1.29 is 14.4 Å². The molecular formula is C12H24N4O3. The molecule has 0 saturated heterocycles. The van der Waals surface area contributed by atoms with Gasteiger partial charge in [-0.1, -0.05) is 13.8 Å². The molecule has 0 aromatic heterocycles. The number of nitrogens with one attached hydrogen (secondary N) is 3. The Kier molecular flexibility index (Phi) is 7.06. The lowest BCUT2D eigenvalue weighted by molar-refractivity contribution is -0.129. The van der Waals surface area contributed by atoms with Crippen molar-refractivity contribution in [1.82, 2.24) is 20.9 Å². The van der Waals surface area contributed by atoms with Crippen LogP contribution in [0.3, 0.4) is 0 Å². The molecule has 0 saturated carbocycles. The van der Waals surface area contributed by atoms with E-state index in [9.17, 15) is 14.4 Å². The molecule has 0 heterocycles. The highest BCUT2D eigenvalue weighted by atomic mass is 16.2. The minimum Gasteiger partial charge on any atom is -0.315 e. The van der Waals surface area contributed by atoms with Crippen LogP contribution in [0.4, 0.5) is 0 Å². The summed E-state index contributed by atoms with van der Waals surface area (Å²) in [4.78, 5) is 36.0. The molecule has 19 heavy (non-hydrogen) atoms. The summed E-state index contributed by atoms with van der Waals surface area (Å²) in [5.41, 5.74) is 0. The summed E-state index contributed by atoms with van der Waals surface area (Å²) < 4.78 is 0. The number of carbonyl (C=O) groups excluding carboxylic acids is 3. The van der Waals surface area contributed by atoms with E-state index in [-0.39, 0.29) is 17.7 Å². The first-order chi connectivity index (χ1) is 8.74. The lowest BCUT2D eigenvalue weighted by Crippen LogP contribution is -2.73. The van der Waals surface area contributed by atoms with Crippen molar-refractivity contribution in [1.29, 1.82) is 0 Å². The van der Waals surface area contributed by atoms with Crippen molar-refractivity contribution >= 4 is 17.7 Å². The second kappa shape index (κ2) is 7.73. The third kappa shape index (κ3) is 6.76. The molecule has 0 unspecified atom stereocenters. The third-order valence-electron chi connectivity index (χ3n) is 2.52. The van der Waals surface area contributed by atoms with Gasteiger partial charge in [0.2, 0.25) is 23.5 Å². The van der Waals surface area contributed by atoms with Crippen LogP contribution in [0.1, 0.15) is 34.6 Å². The van der Waals surface area contributed by atoms with Gasteiger partial charge in [0.05, 0.1) is 6.54 Å². The fourth-order valence-corrected chi connectivity index (χ4v) is 1.90. The fraction of sp³-hybridized carbons (Fsp3) is 0.750. The summed E-state index contributed by atoms with van der Waals surface area (Å²) in [6, 6.07) is 0. The Morgan fingerprint density at radius 1 is 0.842 bits per heavy atom. The standard InChI is InChI=1S/C12H24N4O3/c1-6-16(7-2)8-12(13-9(3)17,14-10(4)18)15-11(5)19/h6-8H2,1-5H3,(H,13,17)(H,14,18)(H,15,19). The maximum absolute atomic E-state index is 11.3. The molecule has 7 heteroatoms. The molecule has 0 aromatic rings. The molecule has 0 aromatic carbocycles. The number of amides is 3. The quantitative estimate of drug-likeness (QED) is 0.539. The zero-order valence-electron chi connectivity index (χ0n) is 12.3. The van der Waals surface area contributed by atoms with Crippen LogP contribution < -0.4 is 16.0 Å². The van der Waals surface area contributed by atoms with Crippen LogP contribution in [0, 0.1) is 0 Å². The topological polar surface area (TPSA) is 90.5 Å². The molecule has 0 rings (SSSR count). The zero-order valence-corrected chi connectivity index (χ0v) is 12.3. The summed E-state index contributed by atoms with van der Waals surface area (Å²) >= 11 is 0. The van der Waals surface area contributed by atoms with Crippen molar-refractivity contribution in [3.8, 4) is 0 Å². The molecule has 110 valence electrons. The van der Waals surface area contributed by atoms with Gasteiger partial charge in [0.25, 0.3) is 0 Å². The van der Waals surface area contributed by atoms with Crippen molar-refractivity contribution in [2.75, 3.05) is 19.6 Å². The summed E-state index contributed by atoms with van der Waals surface area (Å²) in [5, 5.41) is 7.83. The summed E-state index contributed by atoms with van der Waals surface area (Å²) in [6.07, 6.45) is 0. The summed E-state index contributed by atoms with van der Waals surface area (Å²) in [7, 11) is 0. The van der Waals surface area contributed by atoms with E-state index in [0.29, 0.717) is 6.54 Å². The van der Waals surface area contributed by atoms with Crippen LogP contribution in [0.5, 0.6) is 0 Å². The second-order valence-corrected chi connectivity index (χ2v) is 4.41. The van der Waals surface area contributed by atoms with E-state index in [2.05, 4.69) is 16.0 Å². The Morgan fingerprint density at radius 3 is 1.37 bits per heavy atom. The van der Waals surface area contributed by atoms with Gasteiger partial charge in [-0.25, -0.2) is 0 Å². The molecule has 3 N–H and O–H groups in total. The number of hydrogen-bond donors (Lipinski definition) is 3. The van der Waals surface area contributed by atoms with Crippen molar-refractivity contribution in [3.05, 3.63) is 0 Å². The van der Waals surface area contributed by atoms with Gasteiger partial charge in [-0.15, -0.1) is 0 Å². The lowest BCUT2D eigenvalue weighted by atomic mass is 10.2. The van der Waals surface area contributed by atoms with Crippen LogP contribution in [0.15, 0.2) is 0 Å². The maximum Gasteiger partial charge on any atom is 0.220 e. The minimum absolute atomic E-state index is 0.290. The first-order valence-corrected chi connectivity index (χ1v) is 6.33. The zero-order chi connectivity index (χ0) is 15.1. The predicted octanol–water partition coefficient (Wildman–Crippen LogP) is -0.610. The van der Waals surface area contributed by atoms with Gasteiger partial charge in [-0.3, -0.25) is 19.3 Å². The molecule has 0 bridgehead atoms. The van der Waals surface area contributed by atoms with Gasteiger partial charge in [0, 0.05) is 20.8 Å². The highest BCUT2D eigenvalue weighted by Crippen LogP contribution is 2.02. The van der Waals surface area contributed by atoms with Gasteiger partial charge >= 0.3 is 0 Å². The Labute approximate surface area is 114 Å². The number of likely N-dealkylation sites (N-methyl/N-ethyl adjacent to an activating group) is 1. The van der Waals surface area contributed by atoms with Crippen molar-refractivity contribution in [2.45, 2.75) is 40.4 Å². The molecule has 0 spiro atoms. The second-order valence-electron chi connectivity index (χ2n) is 4.41. The largest absolute Gasteiger partial charge is 0.315 e. The first-order valence-electron chi connectivity index (χ1n) is 6.33.